The van der Waals surface area contributed by atoms with Crippen LogP contribution in [0.3, 0.4) is 0 Å². The zero-order chi connectivity index (χ0) is 15.6. The number of nitrogens with zero attached hydrogens (tertiary/aromatic N) is 1. The SMILES string of the molecule is COc1ccc(N2CC(C(C)C)NCC2C(C)C)cc1F. The van der Waals surface area contributed by atoms with Crippen LogP contribution in [-0.4, -0.2) is 32.3 Å². The first-order valence-electron chi connectivity index (χ1n) is 7.77. The molecule has 1 aromatic carbocycles. The third-order valence-electron chi connectivity index (χ3n) is 4.42. The topological polar surface area (TPSA) is 24.5 Å². The molecule has 1 N–H and O–H groups in total. The number of rotatable bonds is 4. The summed E-state index contributed by atoms with van der Waals surface area (Å²) in [5, 5.41) is 3.63. The Kier molecular flexibility index (Phi) is 5.09. The highest BCUT2D eigenvalue weighted by molar-refractivity contribution is 5.51. The molecule has 21 heavy (non-hydrogen) atoms. The van der Waals surface area contributed by atoms with Crippen LogP contribution in [0.15, 0.2) is 18.2 Å². The monoisotopic (exact) mass is 294 g/mol. The molecule has 0 bridgehead atoms. The van der Waals surface area contributed by atoms with E-state index in [0.29, 0.717) is 29.7 Å². The Hall–Kier alpha value is -1.29. The first-order chi connectivity index (χ1) is 9.93. The van der Waals surface area contributed by atoms with Gasteiger partial charge in [0.05, 0.1) is 7.11 Å². The fourth-order valence-electron chi connectivity index (χ4n) is 2.97. The average Bonchev–Trinajstić information content (AvgIpc) is 2.46. The average molecular weight is 294 g/mol. The Morgan fingerprint density at radius 3 is 2.48 bits per heavy atom. The van der Waals surface area contributed by atoms with Crippen LogP contribution < -0.4 is 15.0 Å². The van der Waals surface area contributed by atoms with Crippen molar-refractivity contribution in [1.29, 1.82) is 0 Å². The zero-order valence-electron chi connectivity index (χ0n) is 13.7. The van der Waals surface area contributed by atoms with Crippen molar-refractivity contribution >= 4 is 5.69 Å². The van der Waals surface area contributed by atoms with Crippen molar-refractivity contribution in [3.63, 3.8) is 0 Å². The van der Waals surface area contributed by atoms with E-state index in [2.05, 4.69) is 37.9 Å². The molecule has 1 heterocycles. The summed E-state index contributed by atoms with van der Waals surface area (Å²) >= 11 is 0. The Labute approximate surface area is 127 Å². The van der Waals surface area contributed by atoms with Crippen molar-refractivity contribution in [2.24, 2.45) is 11.8 Å². The molecule has 2 atom stereocenters. The van der Waals surface area contributed by atoms with Gasteiger partial charge in [-0.15, -0.1) is 0 Å². The van der Waals surface area contributed by atoms with E-state index in [-0.39, 0.29) is 5.82 Å². The van der Waals surface area contributed by atoms with E-state index < -0.39 is 0 Å². The number of ether oxygens (including phenoxy) is 1. The van der Waals surface area contributed by atoms with Gasteiger partial charge >= 0.3 is 0 Å². The summed E-state index contributed by atoms with van der Waals surface area (Å²) in [5.41, 5.74) is 0.944. The zero-order valence-corrected chi connectivity index (χ0v) is 13.7. The highest BCUT2D eigenvalue weighted by atomic mass is 19.1. The number of benzene rings is 1. The van der Waals surface area contributed by atoms with Gasteiger partial charge in [0.2, 0.25) is 0 Å². The lowest BCUT2D eigenvalue weighted by Gasteiger charge is -2.45. The van der Waals surface area contributed by atoms with Crippen molar-refractivity contribution in [2.75, 3.05) is 25.1 Å². The Balaban J connectivity index is 2.28. The Morgan fingerprint density at radius 1 is 1.24 bits per heavy atom. The molecule has 0 spiro atoms. The van der Waals surface area contributed by atoms with Crippen molar-refractivity contribution in [2.45, 2.75) is 39.8 Å². The summed E-state index contributed by atoms with van der Waals surface area (Å²) in [7, 11) is 1.49. The summed E-state index contributed by atoms with van der Waals surface area (Å²) in [6.45, 7) is 10.7. The van der Waals surface area contributed by atoms with Crippen LogP contribution >= 0.6 is 0 Å². The number of methoxy groups -OCH3 is 1. The predicted octanol–water partition coefficient (Wildman–Crippen LogP) is 3.29. The summed E-state index contributed by atoms with van der Waals surface area (Å²) in [5.74, 6) is 1.08. The Bertz CT molecular complexity index is 476. The third-order valence-corrected chi connectivity index (χ3v) is 4.42. The molecular weight excluding hydrogens is 267 g/mol. The van der Waals surface area contributed by atoms with E-state index >= 15 is 0 Å². The summed E-state index contributed by atoms with van der Waals surface area (Å²) < 4.78 is 19.0. The van der Waals surface area contributed by atoms with Gasteiger partial charge in [-0.05, 0) is 24.0 Å². The largest absolute Gasteiger partial charge is 0.494 e. The van der Waals surface area contributed by atoms with Gasteiger partial charge in [-0.1, -0.05) is 27.7 Å². The number of piperazine rings is 1. The van der Waals surface area contributed by atoms with Crippen LogP contribution in [0.5, 0.6) is 5.75 Å². The second kappa shape index (κ2) is 6.65. The fraction of sp³-hybridized carbons (Fsp3) is 0.647. The van der Waals surface area contributed by atoms with Gasteiger partial charge in [0, 0.05) is 36.9 Å². The molecule has 0 aromatic heterocycles. The van der Waals surface area contributed by atoms with Gasteiger partial charge in [-0.25, -0.2) is 4.39 Å². The lowest BCUT2D eigenvalue weighted by Crippen LogP contribution is -2.60. The van der Waals surface area contributed by atoms with Crippen LogP contribution in [0.2, 0.25) is 0 Å². The minimum Gasteiger partial charge on any atom is -0.494 e. The van der Waals surface area contributed by atoms with Crippen LogP contribution in [0, 0.1) is 17.7 Å². The van der Waals surface area contributed by atoms with Gasteiger partial charge in [-0.2, -0.15) is 0 Å². The molecule has 4 heteroatoms. The lowest BCUT2D eigenvalue weighted by atomic mass is 9.93. The fourth-order valence-corrected chi connectivity index (χ4v) is 2.97. The molecule has 1 fully saturated rings. The van der Waals surface area contributed by atoms with Crippen molar-refractivity contribution in [3.8, 4) is 5.75 Å². The van der Waals surface area contributed by atoms with Gasteiger partial charge in [0.15, 0.2) is 11.6 Å². The molecular formula is C17H27FN2O. The van der Waals surface area contributed by atoms with Crippen LogP contribution in [0.25, 0.3) is 0 Å². The third kappa shape index (κ3) is 3.49. The maximum atomic E-state index is 14.0. The first kappa shape index (κ1) is 16.1. The summed E-state index contributed by atoms with van der Waals surface area (Å²) in [6.07, 6.45) is 0. The summed E-state index contributed by atoms with van der Waals surface area (Å²) in [4.78, 5) is 2.34. The quantitative estimate of drug-likeness (QED) is 0.922. The van der Waals surface area contributed by atoms with E-state index in [1.165, 1.54) is 7.11 Å². The number of anilines is 1. The number of nitrogens with one attached hydrogen (secondary N) is 1. The van der Waals surface area contributed by atoms with Crippen molar-refractivity contribution in [3.05, 3.63) is 24.0 Å². The highest BCUT2D eigenvalue weighted by Gasteiger charge is 2.31. The maximum Gasteiger partial charge on any atom is 0.167 e. The number of hydrogen-bond acceptors (Lipinski definition) is 3. The molecule has 1 aliphatic heterocycles. The minimum absolute atomic E-state index is 0.294. The van der Waals surface area contributed by atoms with E-state index in [1.54, 1.807) is 12.1 Å². The molecule has 0 saturated carbocycles. The van der Waals surface area contributed by atoms with Crippen LogP contribution in [0.1, 0.15) is 27.7 Å². The van der Waals surface area contributed by atoms with E-state index in [1.807, 2.05) is 6.07 Å². The van der Waals surface area contributed by atoms with Gasteiger partial charge in [-0.3, -0.25) is 0 Å². The van der Waals surface area contributed by atoms with Gasteiger partial charge in [0.1, 0.15) is 0 Å². The Morgan fingerprint density at radius 2 is 1.95 bits per heavy atom. The number of halogens is 1. The highest BCUT2D eigenvalue weighted by Crippen LogP contribution is 2.29. The van der Waals surface area contributed by atoms with Crippen molar-refractivity contribution in [1.82, 2.24) is 5.32 Å². The molecule has 0 amide bonds. The second-order valence-electron chi connectivity index (χ2n) is 6.54. The smallest absolute Gasteiger partial charge is 0.167 e. The minimum atomic E-state index is -0.294. The standard InChI is InChI=1S/C17H27FN2O/c1-11(2)15-10-20(16(9-19-15)12(3)4)13-6-7-17(21-5)14(18)8-13/h6-8,11-12,15-16,19H,9-10H2,1-5H3. The number of hydrogen-bond donors (Lipinski definition) is 1. The molecule has 0 aliphatic carbocycles. The molecule has 2 unspecified atom stereocenters. The molecule has 2 rings (SSSR count). The lowest BCUT2D eigenvalue weighted by molar-refractivity contribution is 0.295. The van der Waals surface area contributed by atoms with E-state index in [0.717, 1.165) is 18.8 Å². The van der Waals surface area contributed by atoms with Crippen LogP contribution in [-0.2, 0) is 0 Å². The first-order valence-corrected chi connectivity index (χ1v) is 7.77. The van der Waals surface area contributed by atoms with Gasteiger partial charge < -0.3 is 15.0 Å². The maximum absolute atomic E-state index is 14.0. The molecule has 3 nitrogen and oxygen atoms in total. The molecule has 118 valence electrons. The second-order valence-corrected chi connectivity index (χ2v) is 6.54. The molecule has 0 radical (unpaired) electrons. The van der Waals surface area contributed by atoms with E-state index in [4.69, 9.17) is 4.74 Å². The molecule has 1 aromatic rings. The summed E-state index contributed by atoms with van der Waals surface area (Å²) in [6, 6.07) is 6.09. The van der Waals surface area contributed by atoms with Gasteiger partial charge in [0.25, 0.3) is 0 Å². The molecule has 1 saturated heterocycles. The van der Waals surface area contributed by atoms with Crippen LogP contribution in [0.4, 0.5) is 10.1 Å². The normalized spacial score (nSPS) is 23.0. The predicted molar refractivity (Wildman–Crippen MR) is 85.6 cm³/mol. The van der Waals surface area contributed by atoms with E-state index in [9.17, 15) is 4.39 Å². The van der Waals surface area contributed by atoms with Crippen molar-refractivity contribution < 1.29 is 9.13 Å². The molecule has 1 aliphatic rings.